The van der Waals surface area contributed by atoms with Crippen molar-refractivity contribution in [1.29, 1.82) is 0 Å². The number of phosphoric ester groups is 1. The fourth-order valence-corrected chi connectivity index (χ4v) is 6.59. The van der Waals surface area contributed by atoms with Crippen LogP contribution < -0.4 is 10.2 Å². The van der Waals surface area contributed by atoms with Gasteiger partial charge in [0.15, 0.2) is 0 Å². The number of rotatable bonds is 39. The molecule has 324 valence electrons. The number of phosphoric acid groups is 1. The summed E-state index contributed by atoms with van der Waals surface area (Å²) in [4.78, 5) is 25.3. The molecule has 0 fully saturated rings. The van der Waals surface area contributed by atoms with Crippen molar-refractivity contribution in [2.24, 2.45) is 0 Å². The van der Waals surface area contributed by atoms with Gasteiger partial charge >= 0.3 is 0 Å². The summed E-state index contributed by atoms with van der Waals surface area (Å²) in [6, 6.07) is -0.927. The van der Waals surface area contributed by atoms with Gasteiger partial charge in [0, 0.05) is 6.42 Å². The van der Waals surface area contributed by atoms with Crippen molar-refractivity contribution in [1.82, 2.24) is 5.32 Å². The van der Waals surface area contributed by atoms with Crippen LogP contribution in [0.25, 0.3) is 0 Å². The Morgan fingerprint density at radius 2 is 1.11 bits per heavy atom. The lowest BCUT2D eigenvalue weighted by molar-refractivity contribution is -0.870. The van der Waals surface area contributed by atoms with Gasteiger partial charge in [-0.05, 0) is 70.6 Å². The van der Waals surface area contributed by atoms with E-state index in [0.29, 0.717) is 17.4 Å². The Morgan fingerprint density at radius 1 is 0.643 bits per heavy atom. The number of quaternary nitrogens is 1. The van der Waals surface area contributed by atoms with Crippen molar-refractivity contribution in [2.75, 3.05) is 40.9 Å². The molecule has 0 spiro atoms. The Balaban J connectivity index is 4.55. The molecule has 0 radical (unpaired) electrons. The zero-order chi connectivity index (χ0) is 41.4. The summed E-state index contributed by atoms with van der Waals surface area (Å²) < 4.78 is 23.1. The van der Waals surface area contributed by atoms with E-state index in [9.17, 15) is 19.4 Å². The number of hydrogen-bond acceptors (Lipinski definition) is 6. The number of carbonyl (C=O) groups is 1. The first-order valence-corrected chi connectivity index (χ1v) is 23.8. The number of aliphatic hydroxyl groups is 1. The summed E-state index contributed by atoms with van der Waals surface area (Å²) in [7, 11) is 1.20. The summed E-state index contributed by atoms with van der Waals surface area (Å²) in [5.74, 6) is -0.251. The number of hydrogen-bond donors (Lipinski definition) is 2. The van der Waals surface area contributed by atoms with Crippen LogP contribution in [0.1, 0.15) is 168 Å². The molecule has 0 heterocycles. The first-order valence-electron chi connectivity index (χ1n) is 22.3. The number of likely N-dealkylation sites (N-methyl/N-ethyl adjacent to an activating group) is 1. The predicted molar refractivity (Wildman–Crippen MR) is 237 cm³/mol. The predicted octanol–water partition coefficient (Wildman–Crippen LogP) is 11.8. The molecule has 3 atom stereocenters. The second-order valence-electron chi connectivity index (χ2n) is 16.0. The summed E-state index contributed by atoms with van der Waals surface area (Å²) in [6.45, 7) is 4.46. The van der Waals surface area contributed by atoms with Crippen LogP contribution in [0.15, 0.2) is 72.9 Å². The SMILES string of the molecule is CC/C=C\C/C=C\C/C=C\C/C=C\CCCCC(=O)NC(COP(=O)([O-])OCC[N+](C)(C)C)C(O)/C=C/CC/C=C/CCCCCCCCCCCCCCC. The molecule has 56 heavy (non-hydrogen) atoms. The van der Waals surface area contributed by atoms with E-state index in [1.165, 1.54) is 83.5 Å². The number of aliphatic hydroxyl groups excluding tert-OH is 1. The highest BCUT2D eigenvalue weighted by molar-refractivity contribution is 7.45. The molecular weight excluding hydrogens is 719 g/mol. The average Bonchev–Trinajstić information content (AvgIpc) is 3.15. The van der Waals surface area contributed by atoms with Gasteiger partial charge in [-0.2, -0.15) is 0 Å². The maximum Gasteiger partial charge on any atom is 0.268 e. The summed E-state index contributed by atoms with van der Waals surface area (Å²) >= 11 is 0. The van der Waals surface area contributed by atoms with Gasteiger partial charge < -0.3 is 28.8 Å². The van der Waals surface area contributed by atoms with E-state index in [0.717, 1.165) is 57.8 Å². The van der Waals surface area contributed by atoms with E-state index in [-0.39, 0.29) is 18.9 Å². The fraction of sp³-hybridized carbons (Fsp3) is 0.723. The highest BCUT2D eigenvalue weighted by atomic mass is 31.2. The fourth-order valence-electron chi connectivity index (χ4n) is 5.86. The van der Waals surface area contributed by atoms with Crippen LogP contribution in [0.4, 0.5) is 0 Å². The first-order chi connectivity index (χ1) is 27.0. The molecule has 0 aromatic carbocycles. The second-order valence-corrected chi connectivity index (χ2v) is 17.4. The molecule has 0 aliphatic heterocycles. The Kier molecular flexibility index (Phi) is 37.0. The molecule has 2 N–H and O–H groups in total. The van der Waals surface area contributed by atoms with Crippen molar-refractivity contribution in [3.8, 4) is 0 Å². The summed E-state index contributed by atoms with van der Waals surface area (Å²) in [5.41, 5.74) is 0. The molecule has 9 heteroatoms. The minimum absolute atomic E-state index is 0.0179. The van der Waals surface area contributed by atoms with Gasteiger partial charge in [-0.1, -0.05) is 164 Å². The minimum Gasteiger partial charge on any atom is -0.756 e. The third-order valence-electron chi connectivity index (χ3n) is 9.40. The van der Waals surface area contributed by atoms with Crippen molar-refractivity contribution in [3.63, 3.8) is 0 Å². The highest BCUT2D eigenvalue weighted by Crippen LogP contribution is 2.38. The summed E-state index contributed by atoms with van der Waals surface area (Å²) in [6.07, 6.45) is 51.0. The van der Waals surface area contributed by atoms with Crippen LogP contribution in [0.3, 0.4) is 0 Å². The molecule has 8 nitrogen and oxygen atoms in total. The third-order valence-corrected chi connectivity index (χ3v) is 10.4. The Bertz CT molecular complexity index is 1140. The van der Waals surface area contributed by atoms with Crippen molar-refractivity contribution in [2.45, 2.75) is 180 Å². The number of allylic oxidation sites excluding steroid dienone is 11. The molecule has 0 saturated heterocycles. The van der Waals surface area contributed by atoms with Crippen LogP contribution in [0.5, 0.6) is 0 Å². The van der Waals surface area contributed by atoms with E-state index in [1.54, 1.807) is 6.08 Å². The molecule has 0 aliphatic rings. The average molecular weight is 805 g/mol. The van der Waals surface area contributed by atoms with Crippen molar-refractivity contribution in [3.05, 3.63) is 72.9 Å². The van der Waals surface area contributed by atoms with Gasteiger partial charge in [-0.3, -0.25) is 9.36 Å². The van der Waals surface area contributed by atoms with Gasteiger partial charge in [0.1, 0.15) is 13.2 Å². The number of nitrogens with zero attached hydrogens (tertiary/aromatic N) is 1. The van der Waals surface area contributed by atoms with E-state index >= 15 is 0 Å². The molecule has 0 rings (SSSR count). The highest BCUT2D eigenvalue weighted by Gasteiger charge is 2.23. The molecule has 0 bridgehead atoms. The molecule has 0 saturated carbocycles. The molecular formula is C47H85N2O6P. The Morgan fingerprint density at radius 3 is 1.66 bits per heavy atom. The number of carbonyl (C=O) groups excluding carboxylic acids is 1. The third kappa shape index (κ3) is 40.1. The van der Waals surface area contributed by atoms with E-state index in [4.69, 9.17) is 9.05 Å². The standard InChI is InChI=1S/C47H85N2O6P/c1-6-8-10-12-14-16-18-20-22-23-24-25-27-28-30-32-34-36-38-40-46(50)45(44-55-56(52,53)54-43-42-49(3,4)5)48-47(51)41-39-37-35-33-31-29-26-21-19-17-15-13-11-9-7-2/h9,11,15,17,21,26,30-33,38,40,45-46,50H,6-8,10,12-14,16,18-20,22-25,27-29,34-37,39,41-44H2,1-5H3,(H-,48,51,52,53)/b11-9-,17-15-,26-21-,32-30+,33-31-,40-38+. The van der Waals surface area contributed by atoms with Crippen LogP contribution in [0.2, 0.25) is 0 Å². The van der Waals surface area contributed by atoms with Gasteiger partial charge in [-0.15, -0.1) is 0 Å². The van der Waals surface area contributed by atoms with E-state index in [1.807, 2.05) is 27.2 Å². The zero-order valence-electron chi connectivity index (χ0n) is 36.6. The molecule has 0 aliphatic carbocycles. The Labute approximate surface area is 344 Å². The normalized spacial score (nSPS) is 15.1. The monoisotopic (exact) mass is 805 g/mol. The second kappa shape index (κ2) is 38.5. The molecule has 1 amide bonds. The largest absolute Gasteiger partial charge is 0.756 e. The smallest absolute Gasteiger partial charge is 0.268 e. The number of nitrogens with one attached hydrogen (secondary N) is 1. The van der Waals surface area contributed by atoms with Gasteiger partial charge in [0.05, 0.1) is 39.9 Å². The van der Waals surface area contributed by atoms with Crippen LogP contribution in [-0.4, -0.2) is 68.5 Å². The van der Waals surface area contributed by atoms with Crippen LogP contribution >= 0.6 is 7.82 Å². The number of unbranched alkanes of at least 4 members (excludes halogenated alkanes) is 16. The quantitative estimate of drug-likeness (QED) is 0.0277. The van der Waals surface area contributed by atoms with Crippen molar-refractivity contribution >= 4 is 13.7 Å². The van der Waals surface area contributed by atoms with Gasteiger partial charge in [-0.25, -0.2) is 0 Å². The molecule has 0 aromatic rings. The van der Waals surface area contributed by atoms with Gasteiger partial charge in [0.25, 0.3) is 7.82 Å². The summed E-state index contributed by atoms with van der Waals surface area (Å²) in [5, 5.41) is 13.7. The molecule has 3 unspecified atom stereocenters. The zero-order valence-corrected chi connectivity index (χ0v) is 37.5. The maximum atomic E-state index is 12.8. The lowest BCUT2D eigenvalue weighted by Gasteiger charge is -2.29. The van der Waals surface area contributed by atoms with Crippen molar-refractivity contribution < 1.29 is 32.9 Å². The first kappa shape index (κ1) is 53.9. The lowest BCUT2D eigenvalue weighted by atomic mass is 10.0. The number of amides is 1. The van der Waals surface area contributed by atoms with E-state index < -0.39 is 26.6 Å². The van der Waals surface area contributed by atoms with Crippen LogP contribution in [-0.2, 0) is 18.4 Å². The Hall–Kier alpha value is -2.06. The minimum atomic E-state index is -4.61. The molecule has 0 aromatic heterocycles. The van der Waals surface area contributed by atoms with Gasteiger partial charge in [0.2, 0.25) is 5.91 Å². The topological polar surface area (TPSA) is 108 Å². The lowest BCUT2D eigenvalue weighted by Crippen LogP contribution is -2.45. The maximum absolute atomic E-state index is 12.8. The van der Waals surface area contributed by atoms with E-state index in [2.05, 4.69) is 79.9 Å². The van der Waals surface area contributed by atoms with Crippen LogP contribution in [0, 0.1) is 0 Å².